The Bertz CT molecular complexity index is 401. The van der Waals surface area contributed by atoms with Crippen molar-refractivity contribution >= 4 is 17.3 Å². The number of nitrogens with one attached hydrogen (secondary N) is 1. The van der Waals surface area contributed by atoms with Crippen LogP contribution in [0.2, 0.25) is 0 Å². The van der Waals surface area contributed by atoms with Crippen molar-refractivity contribution in [2.24, 2.45) is 0 Å². The normalized spacial score (nSPS) is 16.4. The van der Waals surface area contributed by atoms with Gasteiger partial charge < -0.3 is 10.2 Å². The molecule has 16 heavy (non-hydrogen) atoms. The van der Waals surface area contributed by atoms with E-state index in [0.717, 1.165) is 30.8 Å². The summed E-state index contributed by atoms with van der Waals surface area (Å²) < 4.78 is 0. The van der Waals surface area contributed by atoms with Crippen LogP contribution >= 0.6 is 0 Å². The third-order valence-electron chi connectivity index (χ3n) is 3.04. The summed E-state index contributed by atoms with van der Waals surface area (Å²) >= 11 is 0. The van der Waals surface area contributed by atoms with Gasteiger partial charge in [0.25, 0.3) is 0 Å². The van der Waals surface area contributed by atoms with E-state index in [1.54, 1.807) is 0 Å². The molecule has 1 fully saturated rings. The lowest BCUT2D eigenvalue weighted by molar-refractivity contribution is -0.119. The number of aryl methyl sites for hydroxylation is 1. The van der Waals surface area contributed by atoms with E-state index in [9.17, 15) is 4.79 Å². The fourth-order valence-corrected chi connectivity index (χ4v) is 2.15. The van der Waals surface area contributed by atoms with E-state index in [4.69, 9.17) is 0 Å². The molecule has 0 spiro atoms. The Kier molecular flexibility index (Phi) is 3.13. The van der Waals surface area contributed by atoms with Crippen molar-refractivity contribution in [3.8, 4) is 0 Å². The van der Waals surface area contributed by atoms with Crippen molar-refractivity contribution in [1.29, 1.82) is 0 Å². The number of anilines is 2. The molecule has 2 rings (SSSR count). The molecule has 1 aliphatic heterocycles. The zero-order valence-electron chi connectivity index (χ0n) is 9.92. The second-order valence-corrected chi connectivity index (χ2v) is 4.27. The van der Waals surface area contributed by atoms with Gasteiger partial charge in [-0.3, -0.25) is 4.79 Å². The topological polar surface area (TPSA) is 32.3 Å². The largest absolute Gasteiger partial charge is 0.386 e. The molecule has 1 N–H and O–H groups in total. The number of hydrogen-bond acceptors (Lipinski definition) is 2. The zero-order valence-corrected chi connectivity index (χ0v) is 9.92. The van der Waals surface area contributed by atoms with Crippen LogP contribution in [0.1, 0.15) is 24.8 Å². The lowest BCUT2D eigenvalue weighted by atomic mass is 10.1. The zero-order chi connectivity index (χ0) is 11.5. The first kappa shape index (κ1) is 11.0. The molecular weight excluding hydrogens is 200 g/mol. The van der Waals surface area contributed by atoms with Crippen molar-refractivity contribution in [3.05, 3.63) is 23.8 Å². The molecule has 1 amide bonds. The fourth-order valence-electron chi connectivity index (χ4n) is 2.15. The van der Waals surface area contributed by atoms with Crippen molar-refractivity contribution in [2.45, 2.75) is 26.2 Å². The molecule has 1 saturated heterocycles. The minimum atomic E-state index is 0.242. The highest BCUT2D eigenvalue weighted by Crippen LogP contribution is 2.29. The van der Waals surface area contributed by atoms with Gasteiger partial charge >= 0.3 is 0 Å². The van der Waals surface area contributed by atoms with Gasteiger partial charge in [-0.1, -0.05) is 6.07 Å². The van der Waals surface area contributed by atoms with Gasteiger partial charge in [0, 0.05) is 20.0 Å². The lowest BCUT2D eigenvalue weighted by Gasteiger charge is -2.28. The minimum Gasteiger partial charge on any atom is -0.386 e. The van der Waals surface area contributed by atoms with Gasteiger partial charge in [-0.2, -0.15) is 0 Å². The third-order valence-corrected chi connectivity index (χ3v) is 3.04. The van der Waals surface area contributed by atoms with Crippen LogP contribution in [0.15, 0.2) is 18.2 Å². The molecule has 0 saturated carbocycles. The van der Waals surface area contributed by atoms with E-state index in [-0.39, 0.29) is 5.91 Å². The smallest absolute Gasteiger partial charge is 0.227 e. The van der Waals surface area contributed by atoms with Crippen molar-refractivity contribution in [2.75, 3.05) is 23.8 Å². The first-order valence-electron chi connectivity index (χ1n) is 5.81. The van der Waals surface area contributed by atoms with Crippen LogP contribution in [0.4, 0.5) is 11.4 Å². The summed E-state index contributed by atoms with van der Waals surface area (Å²) in [7, 11) is 1.90. The highest BCUT2D eigenvalue weighted by Gasteiger charge is 2.21. The molecule has 3 heteroatoms. The van der Waals surface area contributed by atoms with Crippen LogP contribution in [-0.2, 0) is 4.79 Å². The van der Waals surface area contributed by atoms with Crippen LogP contribution in [-0.4, -0.2) is 19.5 Å². The highest BCUT2D eigenvalue weighted by molar-refractivity contribution is 5.97. The Morgan fingerprint density at radius 3 is 2.81 bits per heavy atom. The number of rotatable bonds is 2. The molecule has 0 aliphatic carbocycles. The molecule has 1 aromatic carbocycles. The number of nitrogens with zero attached hydrogens (tertiary/aromatic N) is 1. The van der Waals surface area contributed by atoms with E-state index in [1.165, 1.54) is 5.56 Å². The van der Waals surface area contributed by atoms with Crippen LogP contribution in [0.25, 0.3) is 0 Å². The number of piperidine rings is 1. The highest BCUT2D eigenvalue weighted by atomic mass is 16.2. The summed E-state index contributed by atoms with van der Waals surface area (Å²) in [6, 6.07) is 6.17. The summed E-state index contributed by atoms with van der Waals surface area (Å²) in [5, 5.41) is 3.16. The lowest BCUT2D eigenvalue weighted by Crippen LogP contribution is -2.35. The maximum absolute atomic E-state index is 11.8. The molecule has 0 unspecified atom stereocenters. The number of benzene rings is 1. The van der Waals surface area contributed by atoms with Gasteiger partial charge in [0.15, 0.2) is 0 Å². The summed E-state index contributed by atoms with van der Waals surface area (Å²) in [5.74, 6) is 0.242. The average Bonchev–Trinajstić information content (AvgIpc) is 2.30. The Morgan fingerprint density at radius 2 is 2.12 bits per heavy atom. The number of hydrogen-bond donors (Lipinski definition) is 1. The van der Waals surface area contributed by atoms with Gasteiger partial charge in [0.05, 0.1) is 11.4 Å². The van der Waals surface area contributed by atoms with Gasteiger partial charge in [0.1, 0.15) is 0 Å². The van der Waals surface area contributed by atoms with Crippen molar-refractivity contribution in [3.63, 3.8) is 0 Å². The second-order valence-electron chi connectivity index (χ2n) is 4.27. The summed E-state index contributed by atoms with van der Waals surface area (Å²) in [5.41, 5.74) is 3.26. The van der Waals surface area contributed by atoms with E-state index in [2.05, 4.69) is 24.4 Å². The maximum Gasteiger partial charge on any atom is 0.227 e. The Hall–Kier alpha value is -1.51. The molecule has 0 bridgehead atoms. The molecular formula is C13H18N2O. The van der Waals surface area contributed by atoms with Crippen molar-refractivity contribution in [1.82, 2.24) is 0 Å². The Morgan fingerprint density at radius 1 is 1.31 bits per heavy atom. The molecule has 1 aliphatic rings. The molecule has 0 atom stereocenters. The fraction of sp³-hybridized carbons (Fsp3) is 0.462. The number of carbonyl (C=O) groups is 1. The van der Waals surface area contributed by atoms with E-state index in [0.29, 0.717) is 6.42 Å². The molecule has 0 aromatic heterocycles. The predicted molar refractivity (Wildman–Crippen MR) is 66.9 cm³/mol. The average molecular weight is 218 g/mol. The first-order chi connectivity index (χ1) is 7.72. The minimum absolute atomic E-state index is 0.242. The van der Waals surface area contributed by atoms with Crippen LogP contribution in [0, 0.1) is 6.92 Å². The van der Waals surface area contributed by atoms with Crippen LogP contribution in [0.5, 0.6) is 0 Å². The van der Waals surface area contributed by atoms with Gasteiger partial charge in [-0.15, -0.1) is 0 Å². The van der Waals surface area contributed by atoms with E-state index < -0.39 is 0 Å². The van der Waals surface area contributed by atoms with Crippen LogP contribution < -0.4 is 10.2 Å². The molecule has 1 heterocycles. The van der Waals surface area contributed by atoms with Crippen molar-refractivity contribution < 1.29 is 4.79 Å². The molecule has 86 valence electrons. The summed E-state index contributed by atoms with van der Waals surface area (Å²) in [6.45, 7) is 2.90. The number of carbonyl (C=O) groups excluding carboxylic acids is 1. The second kappa shape index (κ2) is 4.56. The van der Waals surface area contributed by atoms with E-state index in [1.807, 2.05) is 18.0 Å². The quantitative estimate of drug-likeness (QED) is 0.827. The standard InChI is InChI=1S/C13H18N2O/c1-10-6-7-12(11(9-10)14-2)15-8-4-3-5-13(15)16/h6-7,9,14H,3-5,8H2,1-2H3. The van der Waals surface area contributed by atoms with Crippen LogP contribution in [0.3, 0.4) is 0 Å². The number of amides is 1. The summed E-state index contributed by atoms with van der Waals surface area (Å²) in [6.07, 6.45) is 2.80. The summed E-state index contributed by atoms with van der Waals surface area (Å²) in [4.78, 5) is 13.7. The molecule has 0 radical (unpaired) electrons. The monoisotopic (exact) mass is 218 g/mol. The predicted octanol–water partition coefficient (Wildman–Crippen LogP) is 2.55. The Labute approximate surface area is 96.5 Å². The maximum atomic E-state index is 11.8. The molecule has 3 nitrogen and oxygen atoms in total. The first-order valence-corrected chi connectivity index (χ1v) is 5.81. The van der Waals surface area contributed by atoms with E-state index >= 15 is 0 Å². The Balaban J connectivity index is 2.34. The third kappa shape index (κ3) is 2.03. The van der Waals surface area contributed by atoms with Gasteiger partial charge in [0.2, 0.25) is 5.91 Å². The molecule has 1 aromatic rings. The van der Waals surface area contributed by atoms with Gasteiger partial charge in [-0.25, -0.2) is 0 Å². The SMILES string of the molecule is CNc1cc(C)ccc1N1CCCCC1=O. The van der Waals surface area contributed by atoms with Gasteiger partial charge in [-0.05, 0) is 37.5 Å².